The molecule has 0 radical (unpaired) electrons. The van der Waals surface area contributed by atoms with Gasteiger partial charge in [0.2, 0.25) is 0 Å². The lowest BCUT2D eigenvalue weighted by Gasteiger charge is -2.31. The second-order valence-corrected chi connectivity index (χ2v) is 3.62. The Morgan fingerprint density at radius 1 is 1.50 bits per heavy atom. The second kappa shape index (κ2) is 5.51. The zero-order valence-electron chi connectivity index (χ0n) is 7.71. The van der Waals surface area contributed by atoms with E-state index < -0.39 is 0 Å². The average Bonchev–Trinajstić information content (AvgIpc) is 2.15. The Bertz CT molecular complexity index is 119. The summed E-state index contributed by atoms with van der Waals surface area (Å²) in [6.07, 6.45) is 3.46. The monoisotopic (exact) mass is 172 g/mol. The third-order valence-electron chi connectivity index (χ3n) is 2.57. The van der Waals surface area contributed by atoms with E-state index in [4.69, 9.17) is 10.8 Å². The summed E-state index contributed by atoms with van der Waals surface area (Å²) in [5.74, 6) is 0.692. The van der Waals surface area contributed by atoms with E-state index in [-0.39, 0.29) is 0 Å². The standard InChI is InChI=1S/C9H20N2O/c10-7-9-3-1-4-11(8-9)5-2-6-12/h9,12H,1-8,10H2. The number of aliphatic hydroxyl groups is 1. The van der Waals surface area contributed by atoms with Crippen LogP contribution in [0.4, 0.5) is 0 Å². The Morgan fingerprint density at radius 2 is 2.33 bits per heavy atom. The van der Waals surface area contributed by atoms with E-state index in [1.54, 1.807) is 0 Å². The van der Waals surface area contributed by atoms with Crippen LogP contribution in [0, 0.1) is 5.92 Å². The Labute approximate surface area is 74.5 Å². The third kappa shape index (κ3) is 3.09. The van der Waals surface area contributed by atoms with E-state index >= 15 is 0 Å². The van der Waals surface area contributed by atoms with Crippen LogP contribution in [0.2, 0.25) is 0 Å². The SMILES string of the molecule is NCC1CCCN(CCCO)C1. The van der Waals surface area contributed by atoms with Gasteiger partial charge in [-0.1, -0.05) is 0 Å². The molecule has 72 valence electrons. The molecular formula is C9H20N2O. The van der Waals surface area contributed by atoms with E-state index in [0.717, 1.165) is 26.1 Å². The van der Waals surface area contributed by atoms with Crippen molar-refractivity contribution in [1.29, 1.82) is 0 Å². The highest BCUT2D eigenvalue weighted by atomic mass is 16.3. The topological polar surface area (TPSA) is 49.5 Å². The summed E-state index contributed by atoms with van der Waals surface area (Å²) in [7, 11) is 0. The summed E-state index contributed by atoms with van der Waals surface area (Å²) in [5.41, 5.74) is 5.62. The van der Waals surface area contributed by atoms with Crippen molar-refractivity contribution in [3.63, 3.8) is 0 Å². The first-order valence-electron chi connectivity index (χ1n) is 4.90. The fraction of sp³-hybridized carbons (Fsp3) is 1.00. The summed E-state index contributed by atoms with van der Waals surface area (Å²) in [5, 5.41) is 8.67. The minimum Gasteiger partial charge on any atom is -0.396 e. The molecular weight excluding hydrogens is 152 g/mol. The van der Waals surface area contributed by atoms with E-state index in [0.29, 0.717) is 12.5 Å². The smallest absolute Gasteiger partial charge is 0.0443 e. The van der Waals surface area contributed by atoms with E-state index in [9.17, 15) is 0 Å². The lowest BCUT2D eigenvalue weighted by Crippen LogP contribution is -2.39. The molecule has 1 rings (SSSR count). The molecule has 1 heterocycles. The Kier molecular flexibility index (Phi) is 4.58. The number of rotatable bonds is 4. The van der Waals surface area contributed by atoms with Gasteiger partial charge in [0.25, 0.3) is 0 Å². The van der Waals surface area contributed by atoms with Gasteiger partial charge in [0, 0.05) is 19.7 Å². The highest BCUT2D eigenvalue weighted by Gasteiger charge is 2.17. The van der Waals surface area contributed by atoms with Crippen LogP contribution >= 0.6 is 0 Å². The molecule has 12 heavy (non-hydrogen) atoms. The third-order valence-corrected chi connectivity index (χ3v) is 2.57. The normalized spacial score (nSPS) is 26.0. The maximum atomic E-state index is 8.67. The second-order valence-electron chi connectivity index (χ2n) is 3.62. The maximum absolute atomic E-state index is 8.67. The molecule has 0 spiro atoms. The molecule has 1 unspecified atom stereocenters. The van der Waals surface area contributed by atoms with Crippen LogP contribution in [-0.4, -0.2) is 42.8 Å². The maximum Gasteiger partial charge on any atom is 0.0443 e. The predicted octanol–water partition coefficient (Wildman–Crippen LogP) is 0.0395. The van der Waals surface area contributed by atoms with Crippen molar-refractivity contribution in [2.45, 2.75) is 19.3 Å². The summed E-state index contributed by atoms with van der Waals surface area (Å²) < 4.78 is 0. The number of likely N-dealkylation sites (tertiary alicyclic amines) is 1. The van der Waals surface area contributed by atoms with Gasteiger partial charge in [-0.2, -0.15) is 0 Å². The number of aliphatic hydroxyl groups excluding tert-OH is 1. The fourth-order valence-electron chi connectivity index (χ4n) is 1.84. The number of piperidine rings is 1. The molecule has 0 bridgehead atoms. The zero-order chi connectivity index (χ0) is 8.81. The first-order chi connectivity index (χ1) is 5.86. The van der Waals surface area contributed by atoms with Crippen molar-refractivity contribution in [3.05, 3.63) is 0 Å². The molecule has 3 nitrogen and oxygen atoms in total. The summed E-state index contributed by atoms with van der Waals surface area (Å²) in [6, 6.07) is 0. The number of hydrogen-bond acceptors (Lipinski definition) is 3. The highest BCUT2D eigenvalue weighted by Crippen LogP contribution is 2.14. The van der Waals surface area contributed by atoms with Crippen molar-refractivity contribution in [2.24, 2.45) is 11.7 Å². The molecule has 1 atom stereocenters. The molecule has 1 aliphatic rings. The number of hydrogen-bond donors (Lipinski definition) is 2. The van der Waals surface area contributed by atoms with Crippen LogP contribution in [-0.2, 0) is 0 Å². The van der Waals surface area contributed by atoms with Crippen LogP contribution in [0.5, 0.6) is 0 Å². The molecule has 0 aromatic rings. The lowest BCUT2D eigenvalue weighted by atomic mass is 9.98. The first-order valence-corrected chi connectivity index (χ1v) is 4.90. The van der Waals surface area contributed by atoms with Crippen molar-refractivity contribution in [1.82, 2.24) is 4.90 Å². The summed E-state index contributed by atoms with van der Waals surface area (Å²) in [6.45, 7) is 4.49. The van der Waals surface area contributed by atoms with Crippen LogP contribution in [0.1, 0.15) is 19.3 Å². The van der Waals surface area contributed by atoms with Gasteiger partial charge in [-0.15, -0.1) is 0 Å². The number of nitrogens with zero attached hydrogens (tertiary/aromatic N) is 1. The highest BCUT2D eigenvalue weighted by molar-refractivity contribution is 4.73. The van der Waals surface area contributed by atoms with Crippen LogP contribution in [0.25, 0.3) is 0 Å². The quantitative estimate of drug-likeness (QED) is 0.629. The molecule has 3 heteroatoms. The molecule has 0 saturated carbocycles. The van der Waals surface area contributed by atoms with Gasteiger partial charge < -0.3 is 15.7 Å². The van der Waals surface area contributed by atoms with Gasteiger partial charge in [0.1, 0.15) is 0 Å². The fourth-order valence-corrected chi connectivity index (χ4v) is 1.84. The molecule has 1 aliphatic heterocycles. The van der Waals surface area contributed by atoms with Gasteiger partial charge in [-0.05, 0) is 38.3 Å². The van der Waals surface area contributed by atoms with Gasteiger partial charge >= 0.3 is 0 Å². The molecule has 0 aliphatic carbocycles. The first kappa shape index (κ1) is 9.96. The molecule has 0 amide bonds. The Balaban J connectivity index is 2.16. The van der Waals surface area contributed by atoms with Gasteiger partial charge in [0.15, 0.2) is 0 Å². The molecule has 0 aromatic heterocycles. The van der Waals surface area contributed by atoms with Crippen molar-refractivity contribution in [3.8, 4) is 0 Å². The van der Waals surface area contributed by atoms with E-state index in [1.807, 2.05) is 0 Å². The Hall–Kier alpha value is -0.120. The Morgan fingerprint density at radius 3 is 3.00 bits per heavy atom. The largest absolute Gasteiger partial charge is 0.396 e. The summed E-state index contributed by atoms with van der Waals surface area (Å²) >= 11 is 0. The van der Waals surface area contributed by atoms with E-state index in [1.165, 1.54) is 19.4 Å². The predicted molar refractivity (Wildman–Crippen MR) is 49.9 cm³/mol. The van der Waals surface area contributed by atoms with Crippen molar-refractivity contribution in [2.75, 3.05) is 32.8 Å². The zero-order valence-corrected chi connectivity index (χ0v) is 7.71. The minimum atomic E-state index is 0.309. The lowest BCUT2D eigenvalue weighted by molar-refractivity contribution is 0.162. The molecule has 0 aromatic carbocycles. The minimum absolute atomic E-state index is 0.309. The summed E-state index contributed by atoms with van der Waals surface area (Å²) in [4.78, 5) is 2.41. The van der Waals surface area contributed by atoms with E-state index in [2.05, 4.69) is 4.90 Å². The average molecular weight is 172 g/mol. The molecule has 1 saturated heterocycles. The van der Waals surface area contributed by atoms with Gasteiger partial charge in [-0.25, -0.2) is 0 Å². The van der Waals surface area contributed by atoms with Gasteiger partial charge in [0.05, 0.1) is 0 Å². The number of nitrogens with two attached hydrogens (primary N) is 1. The molecule has 1 fully saturated rings. The van der Waals surface area contributed by atoms with Crippen LogP contribution < -0.4 is 5.73 Å². The van der Waals surface area contributed by atoms with Crippen LogP contribution in [0.3, 0.4) is 0 Å². The molecule has 3 N–H and O–H groups in total. The van der Waals surface area contributed by atoms with Crippen molar-refractivity contribution >= 4 is 0 Å². The van der Waals surface area contributed by atoms with Crippen molar-refractivity contribution < 1.29 is 5.11 Å². The van der Waals surface area contributed by atoms with Crippen LogP contribution in [0.15, 0.2) is 0 Å². The van der Waals surface area contributed by atoms with Gasteiger partial charge in [-0.3, -0.25) is 0 Å².